The molecule has 2 heterocycles. The Morgan fingerprint density at radius 3 is 3.05 bits per heavy atom. The van der Waals surface area contributed by atoms with Crippen molar-refractivity contribution in [3.05, 3.63) is 30.1 Å². The molecule has 0 bridgehead atoms. The SMILES string of the molecule is Cc1noc(-c2ccccc2NCC2CCCNC2)n1. The van der Waals surface area contributed by atoms with Gasteiger partial charge in [-0.15, -0.1) is 0 Å². The average molecular weight is 272 g/mol. The molecular weight excluding hydrogens is 252 g/mol. The number of nitrogens with zero attached hydrogens (tertiary/aromatic N) is 2. The number of hydrogen-bond donors (Lipinski definition) is 2. The number of hydrogen-bond acceptors (Lipinski definition) is 5. The van der Waals surface area contributed by atoms with E-state index in [1.807, 2.05) is 25.1 Å². The molecule has 0 spiro atoms. The van der Waals surface area contributed by atoms with Crippen molar-refractivity contribution < 1.29 is 4.52 Å². The van der Waals surface area contributed by atoms with Gasteiger partial charge in [0, 0.05) is 12.2 Å². The van der Waals surface area contributed by atoms with Gasteiger partial charge in [-0.3, -0.25) is 0 Å². The Morgan fingerprint density at radius 2 is 2.30 bits per heavy atom. The van der Waals surface area contributed by atoms with Crippen LogP contribution in [0.4, 0.5) is 5.69 Å². The van der Waals surface area contributed by atoms with Gasteiger partial charge < -0.3 is 15.2 Å². The minimum atomic E-state index is 0.576. The molecule has 1 aliphatic heterocycles. The van der Waals surface area contributed by atoms with Crippen molar-refractivity contribution >= 4 is 5.69 Å². The van der Waals surface area contributed by atoms with E-state index < -0.39 is 0 Å². The van der Waals surface area contributed by atoms with Gasteiger partial charge in [0.25, 0.3) is 5.89 Å². The van der Waals surface area contributed by atoms with Gasteiger partial charge in [-0.25, -0.2) is 0 Å². The summed E-state index contributed by atoms with van der Waals surface area (Å²) in [6.07, 6.45) is 2.54. The van der Waals surface area contributed by atoms with Gasteiger partial charge in [0.15, 0.2) is 5.82 Å². The van der Waals surface area contributed by atoms with Crippen LogP contribution in [0.1, 0.15) is 18.7 Å². The second-order valence-corrected chi connectivity index (χ2v) is 5.29. The Bertz CT molecular complexity index is 561. The molecule has 5 heteroatoms. The van der Waals surface area contributed by atoms with Gasteiger partial charge in [0.2, 0.25) is 0 Å². The highest BCUT2D eigenvalue weighted by molar-refractivity contribution is 5.72. The van der Waals surface area contributed by atoms with Crippen LogP contribution in [0.25, 0.3) is 11.5 Å². The van der Waals surface area contributed by atoms with E-state index in [1.165, 1.54) is 12.8 Å². The standard InChI is InChI=1S/C15H20N4O/c1-11-18-15(20-19-11)13-6-2-3-7-14(13)17-10-12-5-4-8-16-9-12/h2-3,6-7,12,16-17H,4-5,8-10H2,1H3. The number of piperidine rings is 1. The lowest BCUT2D eigenvalue weighted by Crippen LogP contribution is -2.33. The molecule has 1 unspecified atom stereocenters. The summed E-state index contributed by atoms with van der Waals surface area (Å²) in [6.45, 7) is 5.04. The predicted molar refractivity (Wildman–Crippen MR) is 78.6 cm³/mol. The molecule has 3 rings (SSSR count). The first-order valence-corrected chi connectivity index (χ1v) is 7.17. The predicted octanol–water partition coefficient (Wildman–Crippen LogP) is 2.46. The van der Waals surface area contributed by atoms with E-state index in [2.05, 4.69) is 26.8 Å². The van der Waals surface area contributed by atoms with Gasteiger partial charge in [-0.1, -0.05) is 17.3 Å². The third kappa shape index (κ3) is 2.99. The van der Waals surface area contributed by atoms with Crippen molar-refractivity contribution in [1.82, 2.24) is 15.5 Å². The molecule has 2 N–H and O–H groups in total. The zero-order valence-electron chi connectivity index (χ0n) is 11.7. The van der Waals surface area contributed by atoms with E-state index in [1.54, 1.807) is 0 Å². The maximum Gasteiger partial charge on any atom is 0.260 e. The van der Waals surface area contributed by atoms with E-state index in [-0.39, 0.29) is 0 Å². The van der Waals surface area contributed by atoms with Crippen molar-refractivity contribution in [2.24, 2.45) is 5.92 Å². The van der Waals surface area contributed by atoms with Gasteiger partial charge in [0.05, 0.1) is 5.56 Å². The molecule has 1 atom stereocenters. The largest absolute Gasteiger partial charge is 0.384 e. The van der Waals surface area contributed by atoms with E-state index in [0.717, 1.165) is 30.9 Å². The number of para-hydroxylation sites is 1. The third-order valence-corrected chi connectivity index (χ3v) is 3.67. The molecule has 1 aromatic heterocycles. The van der Waals surface area contributed by atoms with Crippen LogP contribution in [-0.2, 0) is 0 Å². The molecule has 0 radical (unpaired) electrons. The molecule has 1 aromatic carbocycles. The molecule has 5 nitrogen and oxygen atoms in total. The fourth-order valence-electron chi connectivity index (χ4n) is 2.58. The Balaban J connectivity index is 1.72. The molecule has 2 aromatic rings. The van der Waals surface area contributed by atoms with Crippen LogP contribution in [0.2, 0.25) is 0 Å². The first-order chi connectivity index (χ1) is 9.83. The smallest absolute Gasteiger partial charge is 0.260 e. The van der Waals surface area contributed by atoms with E-state index >= 15 is 0 Å². The highest BCUT2D eigenvalue weighted by Gasteiger charge is 2.15. The van der Waals surface area contributed by atoms with Crippen LogP contribution in [0.15, 0.2) is 28.8 Å². The normalized spacial score (nSPS) is 18.9. The van der Waals surface area contributed by atoms with Crippen molar-refractivity contribution in [2.75, 3.05) is 25.0 Å². The average Bonchev–Trinajstić information content (AvgIpc) is 2.93. The highest BCUT2D eigenvalue weighted by Crippen LogP contribution is 2.26. The highest BCUT2D eigenvalue weighted by atomic mass is 16.5. The second-order valence-electron chi connectivity index (χ2n) is 5.29. The van der Waals surface area contributed by atoms with Crippen molar-refractivity contribution in [3.8, 4) is 11.5 Å². The summed E-state index contributed by atoms with van der Waals surface area (Å²) in [5, 5.41) is 10.8. The van der Waals surface area contributed by atoms with Crippen LogP contribution < -0.4 is 10.6 Å². The van der Waals surface area contributed by atoms with Gasteiger partial charge in [0.1, 0.15) is 0 Å². The molecule has 0 saturated carbocycles. The first kappa shape index (κ1) is 13.1. The Morgan fingerprint density at radius 1 is 1.40 bits per heavy atom. The second kappa shape index (κ2) is 6.05. The number of anilines is 1. The lowest BCUT2D eigenvalue weighted by Gasteiger charge is -2.23. The van der Waals surface area contributed by atoms with Crippen LogP contribution in [0.3, 0.4) is 0 Å². The molecule has 1 saturated heterocycles. The zero-order valence-corrected chi connectivity index (χ0v) is 11.7. The van der Waals surface area contributed by atoms with Crippen LogP contribution in [-0.4, -0.2) is 29.8 Å². The molecule has 1 aliphatic rings. The van der Waals surface area contributed by atoms with E-state index in [4.69, 9.17) is 4.52 Å². The molecule has 1 fully saturated rings. The van der Waals surface area contributed by atoms with Crippen molar-refractivity contribution in [1.29, 1.82) is 0 Å². The number of aryl methyl sites for hydroxylation is 1. The molecule has 106 valence electrons. The Labute approximate surface area is 118 Å². The molecular formula is C15H20N4O. The van der Waals surface area contributed by atoms with Crippen LogP contribution in [0.5, 0.6) is 0 Å². The van der Waals surface area contributed by atoms with E-state index in [9.17, 15) is 0 Å². The molecule has 20 heavy (non-hydrogen) atoms. The van der Waals surface area contributed by atoms with Crippen LogP contribution >= 0.6 is 0 Å². The summed E-state index contributed by atoms with van der Waals surface area (Å²) in [5.74, 6) is 1.92. The lowest BCUT2D eigenvalue weighted by molar-refractivity contribution is 0.393. The minimum absolute atomic E-state index is 0.576. The summed E-state index contributed by atoms with van der Waals surface area (Å²) in [5.41, 5.74) is 2.03. The number of nitrogens with one attached hydrogen (secondary N) is 2. The summed E-state index contributed by atoms with van der Waals surface area (Å²) in [6, 6.07) is 8.08. The van der Waals surface area contributed by atoms with Crippen molar-refractivity contribution in [3.63, 3.8) is 0 Å². The van der Waals surface area contributed by atoms with Gasteiger partial charge >= 0.3 is 0 Å². The monoisotopic (exact) mass is 272 g/mol. The Hall–Kier alpha value is -1.88. The summed E-state index contributed by atoms with van der Waals surface area (Å²) < 4.78 is 5.27. The third-order valence-electron chi connectivity index (χ3n) is 3.67. The quantitative estimate of drug-likeness (QED) is 0.895. The fourth-order valence-corrected chi connectivity index (χ4v) is 2.58. The van der Waals surface area contributed by atoms with Crippen molar-refractivity contribution in [2.45, 2.75) is 19.8 Å². The maximum atomic E-state index is 5.27. The number of aromatic nitrogens is 2. The van der Waals surface area contributed by atoms with Gasteiger partial charge in [-0.2, -0.15) is 4.98 Å². The van der Waals surface area contributed by atoms with E-state index in [0.29, 0.717) is 17.6 Å². The minimum Gasteiger partial charge on any atom is -0.384 e. The first-order valence-electron chi connectivity index (χ1n) is 7.17. The number of rotatable bonds is 4. The fraction of sp³-hybridized carbons (Fsp3) is 0.467. The Kier molecular flexibility index (Phi) is 3.97. The summed E-state index contributed by atoms with van der Waals surface area (Å²) in [7, 11) is 0. The lowest BCUT2D eigenvalue weighted by atomic mass is 9.99. The maximum absolute atomic E-state index is 5.27. The topological polar surface area (TPSA) is 63.0 Å². The summed E-state index contributed by atoms with van der Waals surface area (Å²) in [4.78, 5) is 4.31. The molecule has 0 aliphatic carbocycles. The zero-order chi connectivity index (χ0) is 13.8. The summed E-state index contributed by atoms with van der Waals surface area (Å²) >= 11 is 0. The number of benzene rings is 1. The molecule has 0 amide bonds. The van der Waals surface area contributed by atoms with Crippen LogP contribution in [0, 0.1) is 12.8 Å². The van der Waals surface area contributed by atoms with Gasteiger partial charge in [-0.05, 0) is 50.9 Å².